The van der Waals surface area contributed by atoms with E-state index in [1.807, 2.05) is 0 Å². The molecule has 0 bridgehead atoms. The molecule has 0 aromatic carbocycles. The first-order valence-electron chi connectivity index (χ1n) is 7.94. The summed E-state index contributed by atoms with van der Waals surface area (Å²) in [6, 6.07) is 0. The molecule has 2 aliphatic carbocycles. The minimum Gasteiger partial charge on any atom is -0.381 e. The van der Waals surface area contributed by atoms with Gasteiger partial charge in [0.1, 0.15) is 0 Å². The molecule has 2 fully saturated rings. The van der Waals surface area contributed by atoms with Gasteiger partial charge in [-0.3, -0.25) is 0 Å². The smallest absolute Gasteiger partial charge is 0.0488 e. The molecule has 0 radical (unpaired) electrons. The van der Waals surface area contributed by atoms with E-state index in [9.17, 15) is 0 Å². The fourth-order valence-corrected chi connectivity index (χ4v) is 3.58. The van der Waals surface area contributed by atoms with Gasteiger partial charge in [-0.15, -0.1) is 0 Å². The zero-order chi connectivity index (χ0) is 13.0. The quantitative estimate of drug-likeness (QED) is 0.635. The number of nitrogens with one attached hydrogen (secondary N) is 1. The van der Waals surface area contributed by atoms with Crippen molar-refractivity contribution < 1.29 is 4.74 Å². The van der Waals surface area contributed by atoms with Gasteiger partial charge < -0.3 is 10.1 Å². The minimum atomic E-state index is 0.569. The van der Waals surface area contributed by atoms with E-state index in [2.05, 4.69) is 26.1 Å². The average molecular weight is 253 g/mol. The molecule has 0 aliphatic heterocycles. The van der Waals surface area contributed by atoms with E-state index >= 15 is 0 Å². The number of fused-ring (bicyclic) bond motifs is 1. The first-order chi connectivity index (χ1) is 8.65. The fourth-order valence-electron chi connectivity index (χ4n) is 3.58. The summed E-state index contributed by atoms with van der Waals surface area (Å²) < 4.78 is 5.81. The van der Waals surface area contributed by atoms with Gasteiger partial charge in [0.05, 0.1) is 0 Å². The molecule has 0 spiro atoms. The van der Waals surface area contributed by atoms with Gasteiger partial charge in [-0.25, -0.2) is 0 Å². The summed E-state index contributed by atoms with van der Waals surface area (Å²) in [6.45, 7) is 11.0. The van der Waals surface area contributed by atoms with Crippen LogP contribution in [0.25, 0.3) is 0 Å². The van der Waals surface area contributed by atoms with Crippen molar-refractivity contribution in [3.05, 3.63) is 0 Å². The molecule has 106 valence electrons. The summed E-state index contributed by atoms with van der Waals surface area (Å²) in [5.74, 6) is 2.80. The maximum atomic E-state index is 5.81. The Hall–Kier alpha value is -0.0800. The van der Waals surface area contributed by atoms with Gasteiger partial charge in [0.2, 0.25) is 0 Å². The Morgan fingerprint density at radius 2 is 2.00 bits per heavy atom. The summed E-state index contributed by atoms with van der Waals surface area (Å²) in [4.78, 5) is 0. The lowest BCUT2D eigenvalue weighted by Crippen LogP contribution is -2.35. The first kappa shape index (κ1) is 14.3. The highest BCUT2D eigenvalue weighted by Crippen LogP contribution is 2.60. The largest absolute Gasteiger partial charge is 0.381 e. The third-order valence-electron chi connectivity index (χ3n) is 4.61. The zero-order valence-corrected chi connectivity index (χ0v) is 12.5. The van der Waals surface area contributed by atoms with Crippen LogP contribution in [0.5, 0.6) is 0 Å². The summed E-state index contributed by atoms with van der Waals surface area (Å²) in [7, 11) is 0. The lowest BCUT2D eigenvalue weighted by atomic mass is 9.80. The third-order valence-corrected chi connectivity index (χ3v) is 4.61. The molecule has 0 aromatic heterocycles. The van der Waals surface area contributed by atoms with E-state index in [1.165, 1.54) is 45.2 Å². The molecule has 0 saturated heterocycles. The van der Waals surface area contributed by atoms with Crippen LogP contribution in [0.1, 0.15) is 52.9 Å². The molecule has 2 aliphatic rings. The lowest BCUT2D eigenvalue weighted by molar-refractivity contribution is 0.0730. The molecular formula is C16H31NO. The maximum absolute atomic E-state index is 5.81. The van der Waals surface area contributed by atoms with Gasteiger partial charge in [0, 0.05) is 19.8 Å². The van der Waals surface area contributed by atoms with Gasteiger partial charge >= 0.3 is 0 Å². The highest BCUT2D eigenvalue weighted by Gasteiger charge is 2.52. The highest BCUT2D eigenvalue weighted by molar-refractivity contribution is 5.04. The Balaban J connectivity index is 1.71. The van der Waals surface area contributed by atoms with E-state index in [0.717, 1.165) is 25.0 Å². The number of hydrogen-bond donors (Lipinski definition) is 1. The van der Waals surface area contributed by atoms with Crippen LogP contribution in [0.3, 0.4) is 0 Å². The van der Waals surface area contributed by atoms with Gasteiger partial charge in [0.25, 0.3) is 0 Å². The Morgan fingerprint density at radius 3 is 2.61 bits per heavy atom. The van der Waals surface area contributed by atoms with Crippen molar-refractivity contribution in [1.29, 1.82) is 0 Å². The van der Waals surface area contributed by atoms with E-state index in [1.54, 1.807) is 0 Å². The standard InChI is InChI=1S/C16H31NO/c1-4-6-17-12-16(5-7-18-11-13(2)3)9-14-8-15(14)10-16/h13-15,17H,4-12H2,1-3H3. The lowest BCUT2D eigenvalue weighted by Gasteiger charge is -2.31. The van der Waals surface area contributed by atoms with Crippen LogP contribution in [-0.4, -0.2) is 26.3 Å². The molecule has 0 amide bonds. The molecule has 2 saturated carbocycles. The second-order valence-corrected chi connectivity index (χ2v) is 7.06. The summed E-state index contributed by atoms with van der Waals surface area (Å²) in [5, 5.41) is 3.65. The summed E-state index contributed by atoms with van der Waals surface area (Å²) in [6.07, 6.45) is 6.94. The van der Waals surface area contributed by atoms with Crippen molar-refractivity contribution in [2.24, 2.45) is 23.2 Å². The Bertz CT molecular complexity index is 241. The molecule has 0 heterocycles. The van der Waals surface area contributed by atoms with Crippen molar-refractivity contribution in [3.8, 4) is 0 Å². The van der Waals surface area contributed by atoms with Gasteiger partial charge in [-0.1, -0.05) is 20.8 Å². The normalized spacial score (nSPS) is 34.0. The van der Waals surface area contributed by atoms with E-state index in [0.29, 0.717) is 11.3 Å². The predicted octanol–water partition coefficient (Wildman–Crippen LogP) is 3.47. The van der Waals surface area contributed by atoms with Crippen LogP contribution < -0.4 is 5.32 Å². The molecule has 0 aromatic rings. The summed E-state index contributed by atoms with van der Waals surface area (Å²) in [5.41, 5.74) is 0.569. The SMILES string of the molecule is CCCNCC1(CCOCC(C)C)CC2CC2C1. The van der Waals surface area contributed by atoms with Crippen molar-refractivity contribution in [2.75, 3.05) is 26.3 Å². The number of ether oxygens (including phenoxy) is 1. The molecular weight excluding hydrogens is 222 g/mol. The predicted molar refractivity (Wildman–Crippen MR) is 76.7 cm³/mol. The molecule has 18 heavy (non-hydrogen) atoms. The maximum Gasteiger partial charge on any atom is 0.0488 e. The average Bonchev–Trinajstić information content (AvgIpc) is 2.94. The number of hydrogen-bond acceptors (Lipinski definition) is 2. The first-order valence-corrected chi connectivity index (χ1v) is 7.94. The number of rotatable bonds is 9. The van der Waals surface area contributed by atoms with Crippen LogP contribution in [-0.2, 0) is 4.74 Å². The summed E-state index contributed by atoms with van der Waals surface area (Å²) >= 11 is 0. The zero-order valence-electron chi connectivity index (χ0n) is 12.5. The fraction of sp³-hybridized carbons (Fsp3) is 1.00. The highest BCUT2D eigenvalue weighted by atomic mass is 16.5. The van der Waals surface area contributed by atoms with Crippen molar-refractivity contribution in [3.63, 3.8) is 0 Å². The third kappa shape index (κ3) is 3.96. The Labute approximate surface area is 113 Å². The Morgan fingerprint density at radius 1 is 1.28 bits per heavy atom. The Kier molecular flexibility index (Phi) is 5.08. The minimum absolute atomic E-state index is 0.569. The monoisotopic (exact) mass is 253 g/mol. The molecule has 2 heteroatoms. The second kappa shape index (κ2) is 6.38. The van der Waals surface area contributed by atoms with E-state index in [4.69, 9.17) is 4.74 Å². The van der Waals surface area contributed by atoms with Crippen LogP contribution >= 0.6 is 0 Å². The van der Waals surface area contributed by atoms with Crippen LogP contribution in [0.2, 0.25) is 0 Å². The molecule has 2 nitrogen and oxygen atoms in total. The van der Waals surface area contributed by atoms with Gasteiger partial charge in [0.15, 0.2) is 0 Å². The topological polar surface area (TPSA) is 21.3 Å². The molecule has 2 rings (SSSR count). The van der Waals surface area contributed by atoms with Crippen LogP contribution in [0.15, 0.2) is 0 Å². The van der Waals surface area contributed by atoms with Crippen LogP contribution in [0.4, 0.5) is 0 Å². The van der Waals surface area contributed by atoms with Crippen molar-refractivity contribution in [2.45, 2.75) is 52.9 Å². The molecule has 2 unspecified atom stereocenters. The van der Waals surface area contributed by atoms with E-state index in [-0.39, 0.29) is 0 Å². The van der Waals surface area contributed by atoms with Crippen molar-refractivity contribution >= 4 is 0 Å². The molecule has 2 atom stereocenters. The second-order valence-electron chi connectivity index (χ2n) is 7.06. The van der Waals surface area contributed by atoms with Gasteiger partial charge in [-0.2, -0.15) is 0 Å². The van der Waals surface area contributed by atoms with Crippen LogP contribution in [0, 0.1) is 23.2 Å². The van der Waals surface area contributed by atoms with E-state index < -0.39 is 0 Å². The van der Waals surface area contributed by atoms with Gasteiger partial charge in [-0.05, 0) is 61.8 Å². The molecule has 1 N–H and O–H groups in total. The van der Waals surface area contributed by atoms with Crippen molar-refractivity contribution in [1.82, 2.24) is 5.32 Å².